The number of nitrogens with one attached hydrogen (secondary N) is 2. The molecule has 10 heteroatoms. The molecule has 2 aromatic rings. The van der Waals surface area contributed by atoms with Gasteiger partial charge in [0.15, 0.2) is 0 Å². The van der Waals surface area contributed by atoms with E-state index in [1.165, 1.54) is 0 Å². The number of H-pyrrole nitrogens is 2. The number of hydrogen-bond acceptors (Lipinski definition) is 8. The highest BCUT2D eigenvalue weighted by Crippen LogP contribution is 2.07. The number of tetrazole rings is 2. The van der Waals surface area contributed by atoms with Gasteiger partial charge in [-0.05, 0) is 10.4 Å². The van der Waals surface area contributed by atoms with Crippen molar-refractivity contribution in [1.29, 1.82) is 0 Å². The second kappa shape index (κ2) is 2.50. The lowest BCUT2D eigenvalue weighted by atomic mass is 10.9. The van der Waals surface area contributed by atoms with Gasteiger partial charge in [-0.1, -0.05) is 10.2 Å². The predicted molar refractivity (Wildman–Crippen MR) is 34.7 cm³/mol. The molecule has 0 saturated heterocycles. The first kappa shape index (κ1) is 6.60. The van der Waals surface area contributed by atoms with E-state index < -0.39 is 0 Å². The summed E-state index contributed by atoms with van der Waals surface area (Å²) in [7, 11) is 0. The van der Waals surface area contributed by atoms with Crippen molar-refractivity contribution in [2.75, 3.05) is 5.01 Å². The van der Waals surface area contributed by atoms with E-state index in [1.807, 2.05) is 0 Å². The fourth-order valence-corrected chi connectivity index (χ4v) is 0.607. The SMILES string of the molecule is NN(c1nn[nH]n1)c1nn[nH]n1. The van der Waals surface area contributed by atoms with Crippen LogP contribution in [-0.2, 0) is 0 Å². The Balaban J connectivity index is 2.27. The van der Waals surface area contributed by atoms with Gasteiger partial charge in [0, 0.05) is 0 Å². The number of nitrogens with two attached hydrogens (primary N) is 1. The van der Waals surface area contributed by atoms with Crippen LogP contribution >= 0.6 is 0 Å². The predicted octanol–water partition coefficient (Wildman–Crippen LogP) is -2.28. The molecule has 0 aliphatic carbocycles. The second-order valence-electron chi connectivity index (χ2n) is 1.79. The van der Waals surface area contributed by atoms with Crippen LogP contribution in [0.25, 0.3) is 0 Å². The van der Waals surface area contributed by atoms with Crippen molar-refractivity contribution < 1.29 is 0 Å². The number of aromatic nitrogens is 8. The van der Waals surface area contributed by atoms with Gasteiger partial charge in [0.05, 0.1) is 0 Å². The monoisotopic (exact) mass is 168 g/mol. The summed E-state index contributed by atoms with van der Waals surface area (Å²) in [5.74, 6) is 5.80. The molecule has 0 bridgehead atoms. The number of nitrogens with zero attached hydrogens (tertiary/aromatic N) is 7. The number of aromatic amines is 2. The molecule has 2 aromatic heterocycles. The summed E-state index contributed by atoms with van der Waals surface area (Å²) in [6.45, 7) is 0. The first-order chi connectivity index (χ1) is 5.88. The van der Waals surface area contributed by atoms with Gasteiger partial charge in [0.25, 0.3) is 11.9 Å². The second-order valence-corrected chi connectivity index (χ2v) is 1.79. The van der Waals surface area contributed by atoms with E-state index in [9.17, 15) is 0 Å². The molecule has 0 saturated carbocycles. The Morgan fingerprint density at radius 1 is 1.00 bits per heavy atom. The quantitative estimate of drug-likeness (QED) is 0.337. The molecule has 0 aliphatic rings. The fraction of sp³-hybridized carbons (Fsp3) is 0. The van der Waals surface area contributed by atoms with Crippen molar-refractivity contribution in [3.63, 3.8) is 0 Å². The van der Waals surface area contributed by atoms with Gasteiger partial charge in [-0.25, -0.2) is 10.9 Å². The summed E-state index contributed by atoms with van der Waals surface area (Å²) in [5, 5.41) is 26.5. The Morgan fingerprint density at radius 2 is 1.50 bits per heavy atom. The van der Waals surface area contributed by atoms with Crippen molar-refractivity contribution in [3.05, 3.63) is 0 Å². The molecule has 10 nitrogen and oxygen atoms in total. The van der Waals surface area contributed by atoms with E-state index in [1.54, 1.807) is 0 Å². The molecule has 12 heavy (non-hydrogen) atoms. The highest BCUT2D eigenvalue weighted by molar-refractivity contribution is 5.41. The molecule has 0 aromatic carbocycles. The smallest absolute Gasteiger partial charge is 0.237 e. The number of anilines is 2. The lowest BCUT2D eigenvalue weighted by molar-refractivity contribution is 0.881. The first-order valence-electron chi connectivity index (χ1n) is 2.89. The molecule has 0 amide bonds. The maximum atomic E-state index is 5.47. The van der Waals surface area contributed by atoms with Crippen molar-refractivity contribution in [2.24, 2.45) is 5.84 Å². The van der Waals surface area contributed by atoms with Crippen LogP contribution in [-0.4, -0.2) is 41.2 Å². The van der Waals surface area contributed by atoms with Crippen molar-refractivity contribution in [3.8, 4) is 0 Å². The van der Waals surface area contributed by atoms with Gasteiger partial charge in [-0.15, -0.1) is 10.2 Å². The standard InChI is InChI=1S/C2H4N10/c3-12(1-4-8-9-5-1)2-6-10-11-7-2/h3H2,(H,4,5,8,9)(H,6,7,10,11). The molecular formula is C2H4N10. The minimum absolute atomic E-state index is 0.163. The normalized spacial score (nSPS) is 10.1. The Labute approximate surface area is 65.1 Å². The van der Waals surface area contributed by atoms with Gasteiger partial charge < -0.3 is 0 Å². The number of hydrazine groups is 1. The van der Waals surface area contributed by atoms with Gasteiger partial charge in [-0.3, -0.25) is 0 Å². The van der Waals surface area contributed by atoms with Crippen LogP contribution in [0.4, 0.5) is 11.9 Å². The van der Waals surface area contributed by atoms with Crippen LogP contribution in [0.3, 0.4) is 0 Å². The largest absolute Gasteiger partial charge is 0.287 e. The highest BCUT2D eigenvalue weighted by Gasteiger charge is 2.12. The van der Waals surface area contributed by atoms with Crippen LogP contribution < -0.4 is 10.9 Å². The zero-order chi connectivity index (χ0) is 8.39. The van der Waals surface area contributed by atoms with E-state index in [0.717, 1.165) is 5.01 Å². The third-order valence-corrected chi connectivity index (χ3v) is 1.10. The fourth-order valence-electron chi connectivity index (χ4n) is 0.607. The lowest BCUT2D eigenvalue weighted by Crippen LogP contribution is -2.27. The van der Waals surface area contributed by atoms with E-state index in [4.69, 9.17) is 5.84 Å². The summed E-state index contributed by atoms with van der Waals surface area (Å²) >= 11 is 0. The molecule has 0 fully saturated rings. The lowest BCUT2D eigenvalue weighted by Gasteiger charge is -2.05. The topological polar surface area (TPSA) is 138 Å². The van der Waals surface area contributed by atoms with Gasteiger partial charge in [-0.2, -0.15) is 10.4 Å². The van der Waals surface area contributed by atoms with Crippen LogP contribution in [0.15, 0.2) is 0 Å². The Kier molecular flexibility index (Phi) is 1.38. The van der Waals surface area contributed by atoms with Gasteiger partial charge in [0.2, 0.25) is 0 Å². The van der Waals surface area contributed by atoms with Crippen LogP contribution in [0.2, 0.25) is 0 Å². The zero-order valence-electron chi connectivity index (χ0n) is 5.71. The molecule has 0 aliphatic heterocycles. The molecule has 0 atom stereocenters. The summed E-state index contributed by atoms with van der Waals surface area (Å²) in [5.41, 5.74) is 0. The summed E-state index contributed by atoms with van der Waals surface area (Å²) in [4.78, 5) is 0. The average molecular weight is 168 g/mol. The van der Waals surface area contributed by atoms with E-state index in [-0.39, 0.29) is 11.9 Å². The molecule has 4 N–H and O–H groups in total. The third kappa shape index (κ3) is 0.950. The minimum atomic E-state index is 0.163. The van der Waals surface area contributed by atoms with E-state index >= 15 is 0 Å². The van der Waals surface area contributed by atoms with Crippen molar-refractivity contribution in [2.45, 2.75) is 0 Å². The molecule has 2 rings (SSSR count). The van der Waals surface area contributed by atoms with Crippen molar-refractivity contribution >= 4 is 11.9 Å². The van der Waals surface area contributed by atoms with E-state index in [0.29, 0.717) is 0 Å². The summed E-state index contributed by atoms with van der Waals surface area (Å²) in [6.07, 6.45) is 0. The maximum absolute atomic E-state index is 5.47. The van der Waals surface area contributed by atoms with Gasteiger partial charge in [0.1, 0.15) is 0 Å². The minimum Gasteiger partial charge on any atom is -0.237 e. The van der Waals surface area contributed by atoms with Crippen molar-refractivity contribution in [1.82, 2.24) is 41.2 Å². The molecule has 0 radical (unpaired) electrons. The molecule has 62 valence electrons. The van der Waals surface area contributed by atoms with Crippen LogP contribution in [0.5, 0.6) is 0 Å². The van der Waals surface area contributed by atoms with Crippen LogP contribution in [0, 0.1) is 0 Å². The van der Waals surface area contributed by atoms with Crippen LogP contribution in [0.1, 0.15) is 0 Å². The third-order valence-electron chi connectivity index (χ3n) is 1.10. The number of rotatable bonds is 2. The van der Waals surface area contributed by atoms with E-state index in [2.05, 4.69) is 41.2 Å². The maximum Gasteiger partial charge on any atom is 0.287 e. The highest BCUT2D eigenvalue weighted by atomic mass is 15.6. The summed E-state index contributed by atoms with van der Waals surface area (Å²) in [6, 6.07) is 0. The summed E-state index contributed by atoms with van der Waals surface area (Å²) < 4.78 is 0. The Bertz CT molecular complexity index is 284. The first-order valence-corrected chi connectivity index (χ1v) is 2.89. The Morgan fingerprint density at radius 3 is 1.83 bits per heavy atom. The molecule has 0 spiro atoms. The zero-order valence-corrected chi connectivity index (χ0v) is 5.71. The van der Waals surface area contributed by atoms with Gasteiger partial charge >= 0.3 is 0 Å². The molecule has 2 heterocycles. The average Bonchev–Trinajstić information content (AvgIpc) is 2.77. The Hall–Kier alpha value is -2.10. The molecule has 0 unspecified atom stereocenters. The number of hydrogen-bond donors (Lipinski definition) is 3. The molecular weight excluding hydrogens is 164 g/mol.